The highest BCUT2D eigenvalue weighted by atomic mass is 16.7. The van der Waals surface area contributed by atoms with Crippen molar-refractivity contribution in [3.05, 3.63) is 72.4 Å². The second-order valence-electron chi connectivity index (χ2n) is 8.27. The van der Waals surface area contributed by atoms with Crippen molar-refractivity contribution in [3.63, 3.8) is 0 Å². The van der Waals surface area contributed by atoms with E-state index in [1.165, 1.54) is 5.56 Å². The van der Waals surface area contributed by atoms with Gasteiger partial charge in [0.25, 0.3) is 5.91 Å². The highest BCUT2D eigenvalue weighted by Crippen LogP contribution is 2.41. The third kappa shape index (κ3) is 3.55. The normalized spacial score (nSPS) is 13.2. The molecule has 34 heavy (non-hydrogen) atoms. The van der Waals surface area contributed by atoms with Crippen LogP contribution in [0.25, 0.3) is 22.0 Å². The molecular weight excluding hydrogens is 432 g/mol. The average molecular weight is 455 g/mol. The zero-order chi connectivity index (χ0) is 23.1. The summed E-state index contributed by atoms with van der Waals surface area (Å²) >= 11 is 0. The van der Waals surface area contributed by atoms with Gasteiger partial charge in [-0.15, -0.1) is 0 Å². The number of hydrogen-bond acceptors (Lipinski definition) is 5. The van der Waals surface area contributed by atoms with E-state index in [1.807, 2.05) is 42.5 Å². The van der Waals surface area contributed by atoms with Gasteiger partial charge in [-0.1, -0.05) is 18.2 Å². The van der Waals surface area contributed by atoms with Gasteiger partial charge in [0, 0.05) is 18.2 Å². The molecule has 0 radical (unpaired) electrons. The standard InChI is InChI=1S/C27H22N2O5/c1-31-23-8-7-17-11-22-20-13-25-24(33-16-34-25)12-18(20)9-10-29(22)14-21(17)27(23)32-15-26(30)28-19-5-3-2-4-6-19/h2-8,11-14H,9-10,15-16H2,1H3/p+1. The lowest BCUT2D eigenvalue weighted by Crippen LogP contribution is -2.40. The summed E-state index contributed by atoms with van der Waals surface area (Å²) in [4.78, 5) is 12.5. The molecule has 1 aromatic heterocycles. The number of nitrogens with one attached hydrogen (secondary N) is 1. The van der Waals surface area contributed by atoms with Crippen LogP contribution in [0, 0.1) is 0 Å². The molecule has 0 aliphatic carbocycles. The van der Waals surface area contributed by atoms with Crippen molar-refractivity contribution in [1.82, 2.24) is 0 Å². The largest absolute Gasteiger partial charge is 0.493 e. The molecule has 2 aliphatic heterocycles. The molecule has 1 amide bonds. The van der Waals surface area contributed by atoms with E-state index in [1.54, 1.807) is 7.11 Å². The lowest BCUT2D eigenvalue weighted by Gasteiger charge is -2.18. The summed E-state index contributed by atoms with van der Waals surface area (Å²) in [5, 5.41) is 4.73. The smallest absolute Gasteiger partial charge is 0.262 e. The predicted octanol–water partition coefficient (Wildman–Crippen LogP) is 4.11. The summed E-state index contributed by atoms with van der Waals surface area (Å²) in [6.45, 7) is 0.954. The molecule has 4 aromatic rings. The first-order chi connectivity index (χ1) is 16.7. The number of aryl methyl sites for hydroxylation is 2. The minimum Gasteiger partial charge on any atom is -0.493 e. The van der Waals surface area contributed by atoms with Gasteiger partial charge in [-0.3, -0.25) is 4.79 Å². The van der Waals surface area contributed by atoms with Crippen molar-refractivity contribution in [2.45, 2.75) is 13.0 Å². The maximum atomic E-state index is 12.5. The van der Waals surface area contributed by atoms with Crippen molar-refractivity contribution in [2.75, 3.05) is 25.8 Å². The van der Waals surface area contributed by atoms with Gasteiger partial charge >= 0.3 is 0 Å². The molecule has 3 heterocycles. The summed E-state index contributed by atoms with van der Waals surface area (Å²) in [7, 11) is 1.60. The van der Waals surface area contributed by atoms with Crippen molar-refractivity contribution in [1.29, 1.82) is 0 Å². The summed E-state index contributed by atoms with van der Waals surface area (Å²) in [5.41, 5.74) is 4.21. The fourth-order valence-corrected chi connectivity index (χ4v) is 4.56. The van der Waals surface area contributed by atoms with E-state index in [-0.39, 0.29) is 19.3 Å². The first-order valence-electron chi connectivity index (χ1n) is 11.1. The quantitative estimate of drug-likeness (QED) is 0.459. The van der Waals surface area contributed by atoms with Gasteiger partial charge in [0.05, 0.1) is 18.1 Å². The molecule has 0 atom stereocenters. The highest BCUT2D eigenvalue weighted by molar-refractivity contribution is 5.94. The second kappa shape index (κ2) is 8.26. The fraction of sp³-hybridized carbons (Fsp3) is 0.185. The van der Waals surface area contributed by atoms with Crippen LogP contribution in [0.5, 0.6) is 23.0 Å². The number of para-hydroxylation sites is 1. The molecule has 0 spiro atoms. The number of methoxy groups -OCH3 is 1. The minimum atomic E-state index is -0.235. The number of amides is 1. The molecule has 0 saturated heterocycles. The van der Waals surface area contributed by atoms with E-state index in [4.69, 9.17) is 18.9 Å². The summed E-state index contributed by atoms with van der Waals surface area (Å²) in [5.74, 6) is 2.48. The van der Waals surface area contributed by atoms with E-state index < -0.39 is 0 Å². The Hall–Kier alpha value is -4.26. The molecule has 7 nitrogen and oxygen atoms in total. The number of pyridine rings is 1. The lowest BCUT2D eigenvalue weighted by atomic mass is 9.95. The number of anilines is 1. The number of carbonyl (C=O) groups excluding carboxylic acids is 1. The Labute approximate surface area is 196 Å². The molecule has 0 fully saturated rings. The number of nitrogens with zero attached hydrogens (tertiary/aromatic N) is 1. The Morgan fingerprint density at radius 2 is 1.88 bits per heavy atom. The van der Waals surface area contributed by atoms with Gasteiger partial charge in [-0.2, -0.15) is 4.57 Å². The Morgan fingerprint density at radius 1 is 1.06 bits per heavy atom. The van der Waals surface area contributed by atoms with Crippen LogP contribution in [0.1, 0.15) is 5.56 Å². The first kappa shape index (κ1) is 20.4. The summed E-state index contributed by atoms with van der Waals surface area (Å²) in [6.07, 6.45) is 2.96. The molecule has 2 aliphatic rings. The van der Waals surface area contributed by atoms with E-state index >= 15 is 0 Å². The van der Waals surface area contributed by atoms with Crippen molar-refractivity contribution in [2.24, 2.45) is 0 Å². The van der Waals surface area contributed by atoms with Crippen LogP contribution in [0.3, 0.4) is 0 Å². The maximum absolute atomic E-state index is 12.5. The van der Waals surface area contributed by atoms with Crippen LogP contribution in [0.2, 0.25) is 0 Å². The number of carbonyl (C=O) groups is 1. The zero-order valence-corrected chi connectivity index (χ0v) is 18.7. The SMILES string of the molecule is COc1ccc2cc3[n+](cc2c1OCC(=O)Nc1ccccc1)CCc1cc2c(cc1-3)OCO2. The molecule has 3 aromatic carbocycles. The van der Waals surface area contributed by atoms with E-state index in [0.717, 1.165) is 52.2 Å². The van der Waals surface area contributed by atoms with E-state index in [0.29, 0.717) is 11.5 Å². The lowest BCUT2D eigenvalue weighted by molar-refractivity contribution is -0.686. The Kier molecular flexibility index (Phi) is 4.95. The van der Waals surface area contributed by atoms with Crippen LogP contribution in [0.15, 0.2) is 66.9 Å². The first-order valence-corrected chi connectivity index (χ1v) is 11.1. The van der Waals surface area contributed by atoms with E-state index in [2.05, 4.69) is 34.3 Å². The van der Waals surface area contributed by atoms with Crippen molar-refractivity contribution >= 4 is 22.4 Å². The van der Waals surface area contributed by atoms with Gasteiger partial charge < -0.3 is 24.3 Å². The number of aromatic nitrogens is 1. The third-order valence-corrected chi connectivity index (χ3v) is 6.20. The average Bonchev–Trinajstić information content (AvgIpc) is 3.33. The van der Waals surface area contributed by atoms with Crippen LogP contribution in [-0.2, 0) is 17.8 Å². The predicted molar refractivity (Wildman–Crippen MR) is 127 cm³/mol. The molecule has 0 bridgehead atoms. The number of hydrogen-bond donors (Lipinski definition) is 1. The fourth-order valence-electron chi connectivity index (χ4n) is 4.56. The van der Waals surface area contributed by atoms with Crippen molar-refractivity contribution < 1.29 is 28.3 Å². The van der Waals surface area contributed by atoms with Gasteiger partial charge in [0.2, 0.25) is 12.5 Å². The molecular formula is C27H23N2O5+. The Balaban J connectivity index is 1.35. The molecule has 0 saturated carbocycles. The Bertz CT molecular complexity index is 1420. The zero-order valence-electron chi connectivity index (χ0n) is 18.7. The maximum Gasteiger partial charge on any atom is 0.262 e. The molecule has 6 rings (SSSR count). The van der Waals surface area contributed by atoms with Crippen LogP contribution in [0.4, 0.5) is 5.69 Å². The van der Waals surface area contributed by atoms with Crippen LogP contribution >= 0.6 is 0 Å². The molecule has 7 heteroatoms. The second-order valence-corrected chi connectivity index (χ2v) is 8.27. The third-order valence-electron chi connectivity index (χ3n) is 6.20. The molecule has 170 valence electrons. The van der Waals surface area contributed by atoms with Gasteiger partial charge in [-0.25, -0.2) is 0 Å². The highest BCUT2D eigenvalue weighted by Gasteiger charge is 2.28. The molecule has 0 unspecified atom stereocenters. The Morgan fingerprint density at radius 3 is 2.71 bits per heavy atom. The number of benzene rings is 3. The number of fused-ring (bicyclic) bond motifs is 5. The monoisotopic (exact) mass is 455 g/mol. The molecule has 1 N–H and O–H groups in total. The minimum absolute atomic E-state index is 0.127. The van der Waals surface area contributed by atoms with E-state index in [9.17, 15) is 4.79 Å². The summed E-state index contributed by atoms with van der Waals surface area (Å²) < 4.78 is 24.9. The number of ether oxygens (including phenoxy) is 4. The van der Waals surface area contributed by atoms with Gasteiger partial charge in [0.15, 0.2) is 42.3 Å². The van der Waals surface area contributed by atoms with Crippen LogP contribution < -0.4 is 28.8 Å². The summed E-state index contributed by atoms with van der Waals surface area (Å²) in [6, 6.07) is 19.5. The topological polar surface area (TPSA) is 69.9 Å². The van der Waals surface area contributed by atoms with Gasteiger partial charge in [0.1, 0.15) is 0 Å². The van der Waals surface area contributed by atoms with Crippen LogP contribution in [-0.4, -0.2) is 26.4 Å². The van der Waals surface area contributed by atoms with Crippen molar-refractivity contribution in [3.8, 4) is 34.3 Å². The van der Waals surface area contributed by atoms with Gasteiger partial charge in [-0.05, 0) is 47.3 Å². The number of rotatable bonds is 5.